The Balaban J connectivity index is 2.89. The van der Waals surface area contributed by atoms with E-state index in [1.807, 2.05) is 0 Å². The summed E-state index contributed by atoms with van der Waals surface area (Å²) in [6.07, 6.45) is -0.263. The van der Waals surface area contributed by atoms with Crippen LogP contribution in [0.5, 0.6) is 5.75 Å². The molecule has 5 heteroatoms. The summed E-state index contributed by atoms with van der Waals surface area (Å²) in [6.45, 7) is 3.52. The van der Waals surface area contributed by atoms with Crippen molar-refractivity contribution < 1.29 is 24.5 Å². The van der Waals surface area contributed by atoms with Gasteiger partial charge in [0.05, 0.1) is 11.7 Å². The number of hydrogen-bond donors (Lipinski definition) is 2. The molecule has 104 valence electrons. The van der Waals surface area contributed by atoms with Crippen molar-refractivity contribution in [1.29, 1.82) is 0 Å². The SMILES string of the molecule is CC(C)Oc1c(C(=O)O)c(C(=O)O)cc2ccccc12. The Hall–Kier alpha value is -2.56. The molecule has 0 amide bonds. The van der Waals surface area contributed by atoms with Crippen molar-refractivity contribution in [3.05, 3.63) is 41.5 Å². The molecule has 0 radical (unpaired) electrons. The molecule has 20 heavy (non-hydrogen) atoms. The minimum atomic E-state index is -1.32. The number of carboxylic acid groups (broad SMARTS) is 2. The molecule has 0 saturated carbocycles. The molecule has 0 saturated heterocycles. The Morgan fingerprint density at radius 3 is 2.30 bits per heavy atom. The van der Waals surface area contributed by atoms with Crippen LogP contribution in [0.25, 0.3) is 10.8 Å². The van der Waals surface area contributed by atoms with E-state index in [-0.39, 0.29) is 23.0 Å². The second-order valence-corrected chi connectivity index (χ2v) is 4.63. The third-order valence-corrected chi connectivity index (χ3v) is 2.80. The highest BCUT2D eigenvalue weighted by atomic mass is 16.5. The number of fused-ring (bicyclic) bond motifs is 1. The van der Waals surface area contributed by atoms with Gasteiger partial charge in [-0.05, 0) is 25.3 Å². The molecule has 0 aliphatic carbocycles. The summed E-state index contributed by atoms with van der Waals surface area (Å²) in [4.78, 5) is 22.7. The van der Waals surface area contributed by atoms with Crippen LogP contribution in [0.4, 0.5) is 0 Å². The maximum absolute atomic E-state index is 11.4. The topological polar surface area (TPSA) is 83.8 Å². The molecular weight excluding hydrogens is 260 g/mol. The predicted octanol–water partition coefficient (Wildman–Crippen LogP) is 3.02. The molecule has 0 fully saturated rings. The van der Waals surface area contributed by atoms with Gasteiger partial charge in [-0.15, -0.1) is 0 Å². The number of aromatic carboxylic acids is 2. The number of hydrogen-bond acceptors (Lipinski definition) is 3. The Morgan fingerprint density at radius 2 is 1.75 bits per heavy atom. The first-order valence-electron chi connectivity index (χ1n) is 6.10. The average molecular weight is 274 g/mol. The smallest absolute Gasteiger partial charge is 0.340 e. The van der Waals surface area contributed by atoms with Gasteiger partial charge in [-0.2, -0.15) is 0 Å². The predicted molar refractivity (Wildman–Crippen MR) is 73.6 cm³/mol. The lowest BCUT2D eigenvalue weighted by atomic mass is 9.99. The van der Waals surface area contributed by atoms with Crippen molar-refractivity contribution in [2.75, 3.05) is 0 Å². The number of carbonyl (C=O) groups is 2. The zero-order valence-electron chi connectivity index (χ0n) is 11.1. The molecule has 0 aromatic heterocycles. The standard InChI is InChI=1S/C15H14O5/c1-8(2)20-13-10-6-4-3-5-9(10)7-11(14(16)17)12(13)15(18)19/h3-8H,1-2H3,(H,16,17)(H,18,19). The molecule has 0 heterocycles. The van der Waals surface area contributed by atoms with Crippen LogP contribution < -0.4 is 4.74 Å². The lowest BCUT2D eigenvalue weighted by Gasteiger charge is -2.16. The van der Waals surface area contributed by atoms with Gasteiger partial charge in [0.2, 0.25) is 0 Å². The summed E-state index contributed by atoms with van der Waals surface area (Å²) >= 11 is 0. The van der Waals surface area contributed by atoms with Gasteiger partial charge >= 0.3 is 11.9 Å². The van der Waals surface area contributed by atoms with Gasteiger partial charge in [0.1, 0.15) is 11.3 Å². The van der Waals surface area contributed by atoms with Crippen LogP contribution in [-0.2, 0) is 0 Å². The third-order valence-electron chi connectivity index (χ3n) is 2.80. The maximum Gasteiger partial charge on any atom is 0.340 e. The van der Waals surface area contributed by atoms with Gasteiger partial charge in [-0.3, -0.25) is 0 Å². The highest BCUT2D eigenvalue weighted by molar-refractivity contribution is 6.10. The second kappa shape index (κ2) is 5.21. The van der Waals surface area contributed by atoms with E-state index < -0.39 is 11.9 Å². The first kappa shape index (κ1) is 13.9. The molecule has 0 atom stereocenters. The Bertz CT molecular complexity index is 688. The summed E-state index contributed by atoms with van der Waals surface area (Å²) in [5, 5.41) is 19.8. The van der Waals surface area contributed by atoms with Crippen LogP contribution in [0, 0.1) is 0 Å². The van der Waals surface area contributed by atoms with E-state index >= 15 is 0 Å². The van der Waals surface area contributed by atoms with E-state index in [1.165, 1.54) is 6.07 Å². The van der Waals surface area contributed by atoms with E-state index in [0.717, 1.165) is 0 Å². The van der Waals surface area contributed by atoms with Crippen LogP contribution in [0.2, 0.25) is 0 Å². The van der Waals surface area contributed by atoms with Gasteiger partial charge < -0.3 is 14.9 Å². The second-order valence-electron chi connectivity index (χ2n) is 4.63. The zero-order valence-corrected chi connectivity index (χ0v) is 11.1. The van der Waals surface area contributed by atoms with Crippen LogP contribution in [-0.4, -0.2) is 28.3 Å². The van der Waals surface area contributed by atoms with Crippen molar-refractivity contribution in [3.63, 3.8) is 0 Å². The Morgan fingerprint density at radius 1 is 1.10 bits per heavy atom. The molecule has 0 spiro atoms. The molecule has 2 aromatic carbocycles. The van der Waals surface area contributed by atoms with E-state index in [2.05, 4.69) is 0 Å². The molecule has 0 aliphatic heterocycles. The van der Waals surface area contributed by atoms with Crippen LogP contribution in [0.15, 0.2) is 30.3 Å². The molecule has 0 unspecified atom stereocenters. The number of benzene rings is 2. The van der Waals surface area contributed by atoms with Crippen molar-refractivity contribution in [2.24, 2.45) is 0 Å². The van der Waals surface area contributed by atoms with E-state index in [4.69, 9.17) is 4.74 Å². The van der Waals surface area contributed by atoms with Crippen molar-refractivity contribution >= 4 is 22.7 Å². The molecule has 2 aromatic rings. The minimum Gasteiger partial charge on any atom is -0.489 e. The fraction of sp³-hybridized carbons (Fsp3) is 0.200. The van der Waals surface area contributed by atoms with Crippen LogP contribution >= 0.6 is 0 Å². The molecule has 0 aliphatic rings. The van der Waals surface area contributed by atoms with Crippen molar-refractivity contribution in [3.8, 4) is 5.75 Å². The van der Waals surface area contributed by atoms with Crippen molar-refractivity contribution in [2.45, 2.75) is 20.0 Å². The molecule has 2 N–H and O–H groups in total. The largest absolute Gasteiger partial charge is 0.489 e. The first-order chi connectivity index (χ1) is 9.41. The minimum absolute atomic E-state index is 0.100. The summed E-state index contributed by atoms with van der Waals surface area (Å²) in [6, 6.07) is 8.30. The quantitative estimate of drug-likeness (QED) is 0.895. The number of rotatable bonds is 4. The maximum atomic E-state index is 11.4. The molecule has 0 bridgehead atoms. The molecule has 2 rings (SSSR count). The first-order valence-corrected chi connectivity index (χ1v) is 6.10. The van der Waals surface area contributed by atoms with Crippen LogP contribution in [0.3, 0.4) is 0 Å². The summed E-state index contributed by atoms with van der Waals surface area (Å²) in [7, 11) is 0. The van der Waals surface area contributed by atoms with Gasteiger partial charge in [-0.25, -0.2) is 9.59 Å². The summed E-state index contributed by atoms with van der Waals surface area (Å²) < 4.78 is 5.57. The van der Waals surface area contributed by atoms with Gasteiger partial charge in [-0.1, -0.05) is 24.3 Å². The number of ether oxygens (including phenoxy) is 1. The number of carboxylic acids is 2. The lowest BCUT2D eigenvalue weighted by molar-refractivity contribution is 0.0646. The molecular formula is C15H14O5. The van der Waals surface area contributed by atoms with Gasteiger partial charge in [0.15, 0.2) is 0 Å². The fourth-order valence-electron chi connectivity index (χ4n) is 2.05. The Labute approximate surface area is 115 Å². The van der Waals surface area contributed by atoms with Crippen LogP contribution in [0.1, 0.15) is 34.6 Å². The van der Waals surface area contributed by atoms with Crippen molar-refractivity contribution in [1.82, 2.24) is 0 Å². The zero-order chi connectivity index (χ0) is 14.9. The van der Waals surface area contributed by atoms with E-state index in [1.54, 1.807) is 38.1 Å². The highest BCUT2D eigenvalue weighted by Crippen LogP contribution is 2.33. The lowest BCUT2D eigenvalue weighted by Crippen LogP contribution is -2.14. The molecule has 5 nitrogen and oxygen atoms in total. The van der Waals surface area contributed by atoms with E-state index in [9.17, 15) is 19.8 Å². The average Bonchev–Trinajstić information content (AvgIpc) is 2.37. The Kier molecular flexibility index (Phi) is 3.61. The monoisotopic (exact) mass is 274 g/mol. The van der Waals surface area contributed by atoms with Gasteiger partial charge in [0.25, 0.3) is 0 Å². The summed E-state index contributed by atoms with van der Waals surface area (Å²) in [5.41, 5.74) is -0.586. The third kappa shape index (κ3) is 2.42. The normalized spacial score (nSPS) is 10.8. The van der Waals surface area contributed by atoms with E-state index in [0.29, 0.717) is 10.8 Å². The van der Waals surface area contributed by atoms with Gasteiger partial charge in [0, 0.05) is 5.39 Å². The highest BCUT2D eigenvalue weighted by Gasteiger charge is 2.24. The fourth-order valence-corrected chi connectivity index (χ4v) is 2.05. The summed E-state index contributed by atoms with van der Waals surface area (Å²) in [5.74, 6) is -2.51.